The molecule has 3 aromatic carbocycles. The Kier molecular flexibility index (Phi) is 8.45. The van der Waals surface area contributed by atoms with Gasteiger partial charge in [0.2, 0.25) is 0 Å². The minimum absolute atomic E-state index is 0.0358. The highest BCUT2D eigenvalue weighted by atomic mass is 32.2. The van der Waals surface area contributed by atoms with Crippen LogP contribution in [0.3, 0.4) is 0 Å². The van der Waals surface area contributed by atoms with Crippen molar-refractivity contribution in [3.63, 3.8) is 0 Å². The molecule has 4 heteroatoms. The van der Waals surface area contributed by atoms with Gasteiger partial charge in [0.05, 0.1) is 12.0 Å². The van der Waals surface area contributed by atoms with Gasteiger partial charge in [0, 0.05) is 33.8 Å². The highest BCUT2D eigenvalue weighted by molar-refractivity contribution is 8.04. The van der Waals surface area contributed by atoms with E-state index in [9.17, 15) is 4.79 Å². The van der Waals surface area contributed by atoms with E-state index >= 15 is 0 Å². The lowest BCUT2D eigenvalue weighted by atomic mass is 9.48. The molecular weight excluding hydrogens is 631 g/mol. The number of aryl methyl sites for hydroxylation is 1. The van der Waals surface area contributed by atoms with E-state index in [0.717, 1.165) is 51.7 Å². The molecule has 0 saturated heterocycles. The highest BCUT2D eigenvalue weighted by Gasteiger charge is 2.53. The van der Waals surface area contributed by atoms with E-state index in [1.165, 1.54) is 72.2 Å². The molecule has 0 aromatic heterocycles. The highest BCUT2D eigenvalue weighted by Crippen LogP contribution is 2.62. The fourth-order valence-electron chi connectivity index (χ4n) is 11.4. The molecule has 3 nitrogen and oxygen atoms in total. The summed E-state index contributed by atoms with van der Waals surface area (Å²) >= 11 is 1.63. The summed E-state index contributed by atoms with van der Waals surface area (Å²) in [6.45, 7) is 13.9. The van der Waals surface area contributed by atoms with E-state index in [2.05, 4.69) is 101 Å². The smallest absolute Gasteiger partial charge is 0.170 e. The summed E-state index contributed by atoms with van der Waals surface area (Å²) in [5.74, 6) is 4.44. The third-order valence-electron chi connectivity index (χ3n) is 12.9. The Morgan fingerprint density at radius 3 is 2.18 bits per heavy atom. The van der Waals surface area contributed by atoms with Gasteiger partial charge in [0.15, 0.2) is 5.78 Å². The van der Waals surface area contributed by atoms with Crippen molar-refractivity contribution in [1.82, 2.24) is 0 Å². The van der Waals surface area contributed by atoms with Gasteiger partial charge in [0.25, 0.3) is 0 Å². The molecule has 4 bridgehead atoms. The van der Waals surface area contributed by atoms with Gasteiger partial charge in [-0.2, -0.15) is 0 Å². The van der Waals surface area contributed by atoms with Crippen molar-refractivity contribution in [3.8, 4) is 5.75 Å². The Hall–Kier alpha value is -3.24. The Morgan fingerprint density at radius 2 is 1.52 bits per heavy atom. The number of carbonyl (C=O) groups is 1. The number of fused-ring (bicyclic) bond motifs is 1. The molecular formula is C46H55NO2S. The number of carbonyl (C=O) groups excluding carboxylic acids is 1. The Bertz CT molecular complexity index is 1850. The molecule has 5 aliphatic carbocycles. The standard InChI is InChI=1S/C46H55NO2S/c1-29-17-40-38(21-34(29)13-14-35-27-44(3,4)28-41(48)43(35)50-37-11-9-8-10-12-37)30(2)23-45(5,6)47(40)36-15-16-42(49-7)39(22-36)46-24-31-18-32(25-46)20-33(19-31)26-46/h8-17,21-22,30-33H,18-20,23-28H2,1-7H3/b14-13+. The molecule has 4 fully saturated rings. The second-order valence-corrected chi connectivity index (χ2v) is 19.2. The third-order valence-corrected chi connectivity index (χ3v) is 14.1. The van der Waals surface area contributed by atoms with Crippen LogP contribution >= 0.6 is 11.8 Å². The van der Waals surface area contributed by atoms with E-state index in [0.29, 0.717) is 12.3 Å². The fraction of sp³-hybridized carbons (Fsp3) is 0.500. The van der Waals surface area contributed by atoms with Crippen LogP contribution in [0, 0.1) is 30.1 Å². The van der Waals surface area contributed by atoms with Crippen molar-refractivity contribution >= 4 is 35.0 Å². The van der Waals surface area contributed by atoms with E-state index in [1.807, 2.05) is 25.3 Å². The predicted octanol–water partition coefficient (Wildman–Crippen LogP) is 12.3. The summed E-state index contributed by atoms with van der Waals surface area (Å²) in [7, 11) is 1.86. The van der Waals surface area contributed by atoms with Gasteiger partial charge < -0.3 is 9.64 Å². The van der Waals surface area contributed by atoms with Crippen LogP contribution in [0.15, 0.2) is 82.1 Å². The quantitative estimate of drug-likeness (QED) is 0.248. The van der Waals surface area contributed by atoms with Crippen LogP contribution in [0.25, 0.3) is 6.08 Å². The summed E-state index contributed by atoms with van der Waals surface area (Å²) in [6, 6.07) is 22.3. The van der Waals surface area contributed by atoms with Gasteiger partial charge in [-0.15, -0.1) is 0 Å². The number of methoxy groups -OCH3 is 1. The number of Topliss-reactive ketones (excluding diaryl/α,β-unsaturated/α-hetero) is 1. The van der Waals surface area contributed by atoms with E-state index < -0.39 is 0 Å². The summed E-state index contributed by atoms with van der Waals surface area (Å²) in [5.41, 5.74) is 9.35. The summed E-state index contributed by atoms with van der Waals surface area (Å²) in [4.78, 5) is 18.1. The van der Waals surface area contributed by atoms with Gasteiger partial charge >= 0.3 is 0 Å². The third kappa shape index (κ3) is 6.08. The average Bonchev–Trinajstić information content (AvgIpc) is 3.04. The van der Waals surface area contributed by atoms with Gasteiger partial charge in [0.1, 0.15) is 5.75 Å². The van der Waals surface area contributed by atoms with Gasteiger partial charge in [-0.25, -0.2) is 0 Å². The molecule has 1 aliphatic heterocycles. The van der Waals surface area contributed by atoms with Crippen LogP contribution in [0.2, 0.25) is 0 Å². The van der Waals surface area contributed by atoms with Crippen molar-refractivity contribution in [2.75, 3.05) is 12.0 Å². The van der Waals surface area contributed by atoms with Crippen molar-refractivity contribution in [1.29, 1.82) is 0 Å². The maximum Gasteiger partial charge on any atom is 0.170 e. The number of thioether (sulfide) groups is 1. The monoisotopic (exact) mass is 685 g/mol. The predicted molar refractivity (Wildman–Crippen MR) is 210 cm³/mol. The second kappa shape index (κ2) is 12.5. The minimum atomic E-state index is -0.0452. The van der Waals surface area contributed by atoms with Gasteiger partial charge in [-0.05, 0) is 171 Å². The lowest BCUT2D eigenvalue weighted by Gasteiger charge is -2.57. The van der Waals surface area contributed by atoms with E-state index in [1.54, 1.807) is 11.8 Å². The maximum atomic E-state index is 13.5. The van der Waals surface area contributed by atoms with Crippen molar-refractivity contribution in [3.05, 3.63) is 99.5 Å². The second-order valence-electron chi connectivity index (χ2n) is 18.1. The van der Waals surface area contributed by atoms with Gasteiger partial charge in [-0.3, -0.25) is 4.79 Å². The van der Waals surface area contributed by atoms with Crippen LogP contribution in [0.1, 0.15) is 121 Å². The Balaban J connectivity index is 1.17. The number of allylic oxidation sites excluding steroid dienone is 3. The van der Waals surface area contributed by atoms with Crippen LogP contribution in [-0.4, -0.2) is 18.4 Å². The summed E-state index contributed by atoms with van der Waals surface area (Å²) in [6.07, 6.45) is 15.4. The van der Waals surface area contributed by atoms with Crippen LogP contribution < -0.4 is 9.64 Å². The minimum Gasteiger partial charge on any atom is -0.496 e. The Labute approximate surface area is 305 Å². The first-order chi connectivity index (χ1) is 23.8. The van der Waals surface area contributed by atoms with Crippen molar-refractivity contribution in [2.45, 2.75) is 121 Å². The van der Waals surface area contributed by atoms with Gasteiger partial charge in [-0.1, -0.05) is 62.9 Å². The molecule has 9 rings (SSSR count). The number of benzene rings is 3. The van der Waals surface area contributed by atoms with Crippen LogP contribution in [0.5, 0.6) is 5.75 Å². The van der Waals surface area contributed by atoms with E-state index in [-0.39, 0.29) is 22.2 Å². The summed E-state index contributed by atoms with van der Waals surface area (Å²) in [5, 5.41) is 0. The molecule has 0 amide bonds. The van der Waals surface area contributed by atoms with Crippen LogP contribution in [0.4, 0.5) is 11.4 Å². The number of hydrogen-bond acceptors (Lipinski definition) is 4. The normalized spacial score (nSPS) is 29.5. The van der Waals surface area contributed by atoms with Crippen LogP contribution in [-0.2, 0) is 10.2 Å². The first-order valence-electron chi connectivity index (χ1n) is 19.1. The number of ketones is 1. The number of ether oxygens (including phenoxy) is 1. The first kappa shape index (κ1) is 33.9. The molecule has 6 aliphatic rings. The zero-order valence-electron chi connectivity index (χ0n) is 31.3. The largest absolute Gasteiger partial charge is 0.496 e. The topological polar surface area (TPSA) is 29.5 Å². The SMILES string of the molecule is COc1ccc(N2c3cc(C)c(/C=C/C4=C(Sc5ccccc5)C(=O)CC(C)(C)C4)cc3C(C)CC2(C)C)cc1C12CC3CC(CC(C3)C1)C2. The lowest BCUT2D eigenvalue weighted by Crippen LogP contribution is -2.49. The molecule has 4 saturated carbocycles. The molecule has 262 valence electrons. The maximum absolute atomic E-state index is 13.5. The number of nitrogens with zero attached hydrogens (tertiary/aromatic N) is 1. The van der Waals surface area contributed by atoms with E-state index in [4.69, 9.17) is 4.74 Å². The fourth-order valence-corrected chi connectivity index (χ4v) is 12.3. The zero-order valence-corrected chi connectivity index (χ0v) is 32.1. The molecule has 0 spiro atoms. The molecule has 3 aromatic rings. The summed E-state index contributed by atoms with van der Waals surface area (Å²) < 4.78 is 6.14. The number of hydrogen-bond donors (Lipinski definition) is 0. The molecule has 0 radical (unpaired) electrons. The molecule has 1 heterocycles. The number of rotatable bonds is 7. The molecule has 1 atom stereocenters. The Morgan fingerprint density at radius 1 is 0.840 bits per heavy atom. The average molecular weight is 686 g/mol. The van der Waals surface area contributed by atoms with Crippen molar-refractivity contribution < 1.29 is 9.53 Å². The van der Waals surface area contributed by atoms with Crippen molar-refractivity contribution in [2.24, 2.45) is 23.2 Å². The lowest BCUT2D eigenvalue weighted by molar-refractivity contribution is -0.117. The molecule has 50 heavy (non-hydrogen) atoms. The zero-order chi connectivity index (χ0) is 35.0. The number of anilines is 2. The molecule has 0 N–H and O–H groups in total. The first-order valence-corrected chi connectivity index (χ1v) is 20.0. The molecule has 1 unspecified atom stereocenters.